The lowest BCUT2D eigenvalue weighted by Gasteiger charge is -2.18. The Morgan fingerprint density at radius 3 is 2.89 bits per heavy atom. The first-order chi connectivity index (χ1) is 9.22. The molecule has 0 amide bonds. The van der Waals surface area contributed by atoms with Crippen LogP contribution in [0, 0.1) is 0 Å². The lowest BCUT2D eigenvalue weighted by atomic mass is 10.3. The fourth-order valence-corrected chi connectivity index (χ4v) is 2.97. The number of methoxy groups -OCH3 is 1. The third kappa shape index (κ3) is 3.75. The van der Waals surface area contributed by atoms with Gasteiger partial charge in [0.15, 0.2) is 0 Å². The van der Waals surface area contributed by atoms with Crippen LogP contribution in [0.5, 0.6) is 0 Å². The summed E-state index contributed by atoms with van der Waals surface area (Å²) in [5, 5.41) is 1.04. The molecule has 0 atom stereocenters. The quantitative estimate of drug-likeness (QED) is 0.762. The third-order valence-corrected chi connectivity index (χ3v) is 3.84. The van der Waals surface area contributed by atoms with Gasteiger partial charge in [0.25, 0.3) is 0 Å². The number of benzene rings is 1. The zero-order valence-corrected chi connectivity index (χ0v) is 12.1. The van der Waals surface area contributed by atoms with Crippen LogP contribution < -0.4 is 0 Å². The maximum atomic E-state index is 11.4. The SMILES string of the molecule is CCCN(CC(=O)OC)Cc1nc2ccccc2s1. The lowest BCUT2D eigenvalue weighted by molar-refractivity contribution is -0.142. The molecule has 0 saturated carbocycles. The summed E-state index contributed by atoms with van der Waals surface area (Å²) in [6, 6.07) is 8.09. The summed E-state index contributed by atoms with van der Waals surface area (Å²) >= 11 is 1.68. The van der Waals surface area contributed by atoms with Crippen molar-refractivity contribution in [1.82, 2.24) is 9.88 Å². The van der Waals surface area contributed by atoms with E-state index < -0.39 is 0 Å². The predicted octanol–water partition coefficient (Wildman–Crippen LogP) is 2.68. The van der Waals surface area contributed by atoms with Crippen LogP contribution in [0.4, 0.5) is 0 Å². The van der Waals surface area contributed by atoms with Crippen LogP contribution in [-0.2, 0) is 16.1 Å². The van der Waals surface area contributed by atoms with Gasteiger partial charge in [-0.05, 0) is 25.1 Å². The Bertz CT molecular complexity index is 520. The standard InChI is InChI=1S/C14H18N2O2S/c1-3-8-16(10-14(17)18-2)9-13-15-11-6-4-5-7-12(11)19-13/h4-7H,3,8-10H2,1-2H3. The van der Waals surface area contributed by atoms with Crippen molar-refractivity contribution >= 4 is 27.5 Å². The molecule has 0 fully saturated rings. The highest BCUT2D eigenvalue weighted by Crippen LogP contribution is 2.22. The van der Waals surface area contributed by atoms with Gasteiger partial charge in [0.1, 0.15) is 5.01 Å². The first-order valence-electron chi connectivity index (χ1n) is 6.36. The molecule has 1 heterocycles. The fraction of sp³-hybridized carbons (Fsp3) is 0.429. The highest BCUT2D eigenvalue weighted by atomic mass is 32.1. The van der Waals surface area contributed by atoms with Crippen LogP contribution in [0.3, 0.4) is 0 Å². The van der Waals surface area contributed by atoms with Crippen molar-refractivity contribution in [3.05, 3.63) is 29.3 Å². The second-order valence-electron chi connectivity index (χ2n) is 4.36. The normalized spacial score (nSPS) is 11.1. The van der Waals surface area contributed by atoms with Crippen molar-refractivity contribution in [2.45, 2.75) is 19.9 Å². The van der Waals surface area contributed by atoms with E-state index in [9.17, 15) is 4.79 Å². The molecule has 1 aromatic heterocycles. The Hall–Kier alpha value is -1.46. The van der Waals surface area contributed by atoms with Crippen LogP contribution in [0.2, 0.25) is 0 Å². The number of carbonyl (C=O) groups is 1. The van der Waals surface area contributed by atoms with Crippen molar-refractivity contribution in [3.63, 3.8) is 0 Å². The van der Waals surface area contributed by atoms with E-state index in [1.54, 1.807) is 11.3 Å². The van der Waals surface area contributed by atoms with Gasteiger partial charge in [-0.1, -0.05) is 19.1 Å². The van der Waals surface area contributed by atoms with Gasteiger partial charge in [-0.2, -0.15) is 0 Å². The van der Waals surface area contributed by atoms with E-state index in [2.05, 4.69) is 22.9 Å². The van der Waals surface area contributed by atoms with Crippen LogP contribution in [0.15, 0.2) is 24.3 Å². The van der Waals surface area contributed by atoms with Crippen molar-refractivity contribution in [2.75, 3.05) is 20.2 Å². The predicted molar refractivity (Wildman–Crippen MR) is 77.2 cm³/mol. The summed E-state index contributed by atoms with van der Waals surface area (Å²) < 4.78 is 5.91. The van der Waals surface area contributed by atoms with Crippen molar-refractivity contribution < 1.29 is 9.53 Å². The number of nitrogens with zero attached hydrogens (tertiary/aromatic N) is 2. The number of carbonyl (C=O) groups excluding carboxylic acids is 1. The molecular formula is C14H18N2O2S. The summed E-state index contributed by atoms with van der Waals surface area (Å²) in [6.07, 6.45) is 1.00. The van der Waals surface area contributed by atoms with Gasteiger partial charge in [-0.3, -0.25) is 9.69 Å². The average molecular weight is 278 g/mol. The molecule has 0 unspecified atom stereocenters. The maximum Gasteiger partial charge on any atom is 0.319 e. The van der Waals surface area contributed by atoms with E-state index >= 15 is 0 Å². The number of para-hydroxylation sites is 1. The zero-order chi connectivity index (χ0) is 13.7. The van der Waals surface area contributed by atoms with Crippen LogP contribution >= 0.6 is 11.3 Å². The molecule has 0 bridgehead atoms. The van der Waals surface area contributed by atoms with Crippen LogP contribution in [0.25, 0.3) is 10.2 Å². The molecular weight excluding hydrogens is 260 g/mol. The summed E-state index contributed by atoms with van der Waals surface area (Å²) in [5.41, 5.74) is 1.03. The molecule has 0 aliphatic carbocycles. The number of ether oxygens (including phenoxy) is 1. The molecule has 4 nitrogen and oxygen atoms in total. The van der Waals surface area contributed by atoms with E-state index in [0.717, 1.165) is 23.5 Å². The Kier molecular flexibility index (Phi) is 4.87. The maximum absolute atomic E-state index is 11.4. The first kappa shape index (κ1) is 14.0. The minimum atomic E-state index is -0.199. The van der Waals surface area contributed by atoms with Crippen molar-refractivity contribution in [2.24, 2.45) is 0 Å². The molecule has 2 aromatic rings. The van der Waals surface area contributed by atoms with Gasteiger partial charge >= 0.3 is 5.97 Å². The minimum absolute atomic E-state index is 0.199. The molecule has 0 radical (unpaired) electrons. The molecule has 0 saturated heterocycles. The largest absolute Gasteiger partial charge is 0.468 e. The molecule has 0 spiro atoms. The summed E-state index contributed by atoms with van der Waals surface area (Å²) in [5.74, 6) is -0.199. The summed E-state index contributed by atoms with van der Waals surface area (Å²) in [4.78, 5) is 18.0. The van der Waals surface area contributed by atoms with Gasteiger partial charge in [-0.15, -0.1) is 11.3 Å². The van der Waals surface area contributed by atoms with Crippen LogP contribution in [-0.4, -0.2) is 36.1 Å². The fourth-order valence-electron chi connectivity index (χ4n) is 1.96. The Labute approximate surface area is 117 Å². The van der Waals surface area contributed by atoms with Crippen molar-refractivity contribution in [1.29, 1.82) is 0 Å². The van der Waals surface area contributed by atoms with E-state index in [1.807, 2.05) is 18.2 Å². The Morgan fingerprint density at radius 2 is 2.21 bits per heavy atom. The first-order valence-corrected chi connectivity index (χ1v) is 7.18. The van der Waals surface area contributed by atoms with Gasteiger partial charge < -0.3 is 4.74 Å². The highest BCUT2D eigenvalue weighted by molar-refractivity contribution is 7.18. The summed E-state index contributed by atoms with van der Waals surface area (Å²) in [6.45, 7) is 3.98. The van der Waals surface area contributed by atoms with E-state index in [0.29, 0.717) is 13.1 Å². The molecule has 1 aromatic carbocycles. The number of hydrogen-bond donors (Lipinski definition) is 0. The number of thiazole rings is 1. The third-order valence-electron chi connectivity index (χ3n) is 2.82. The molecule has 0 aliphatic heterocycles. The van der Waals surface area contributed by atoms with Gasteiger partial charge in [0.05, 0.1) is 30.4 Å². The second-order valence-corrected chi connectivity index (χ2v) is 5.48. The van der Waals surface area contributed by atoms with E-state index in [1.165, 1.54) is 11.8 Å². The Balaban J connectivity index is 2.09. The number of hydrogen-bond acceptors (Lipinski definition) is 5. The monoisotopic (exact) mass is 278 g/mol. The average Bonchev–Trinajstić information content (AvgIpc) is 2.80. The lowest BCUT2D eigenvalue weighted by Crippen LogP contribution is -2.30. The number of aromatic nitrogens is 1. The van der Waals surface area contributed by atoms with E-state index in [-0.39, 0.29) is 5.97 Å². The van der Waals surface area contributed by atoms with Crippen LogP contribution in [0.1, 0.15) is 18.4 Å². The molecule has 102 valence electrons. The number of fused-ring (bicyclic) bond motifs is 1. The molecule has 0 N–H and O–H groups in total. The molecule has 5 heteroatoms. The minimum Gasteiger partial charge on any atom is -0.468 e. The van der Waals surface area contributed by atoms with Gasteiger partial charge in [-0.25, -0.2) is 4.98 Å². The molecule has 19 heavy (non-hydrogen) atoms. The molecule has 0 aliphatic rings. The second kappa shape index (κ2) is 6.63. The number of esters is 1. The highest BCUT2D eigenvalue weighted by Gasteiger charge is 2.13. The van der Waals surface area contributed by atoms with Gasteiger partial charge in [0, 0.05) is 0 Å². The van der Waals surface area contributed by atoms with Gasteiger partial charge in [0.2, 0.25) is 0 Å². The van der Waals surface area contributed by atoms with E-state index in [4.69, 9.17) is 4.74 Å². The Morgan fingerprint density at radius 1 is 1.42 bits per heavy atom. The smallest absolute Gasteiger partial charge is 0.319 e. The zero-order valence-electron chi connectivity index (χ0n) is 11.3. The topological polar surface area (TPSA) is 42.4 Å². The number of rotatable bonds is 6. The molecule has 2 rings (SSSR count). The van der Waals surface area contributed by atoms with Crippen molar-refractivity contribution in [3.8, 4) is 0 Å². The summed E-state index contributed by atoms with van der Waals surface area (Å²) in [7, 11) is 1.42.